The first-order chi connectivity index (χ1) is 7.60. The highest BCUT2D eigenvalue weighted by Gasteiger charge is 2.51. The zero-order valence-electron chi connectivity index (χ0n) is 9.49. The molecule has 0 aliphatic carbocycles. The molecule has 0 radical (unpaired) electrons. The Morgan fingerprint density at radius 3 is 2.44 bits per heavy atom. The van der Waals surface area contributed by atoms with Crippen molar-refractivity contribution < 1.29 is 9.59 Å². The molecule has 1 saturated heterocycles. The summed E-state index contributed by atoms with van der Waals surface area (Å²) in [4.78, 5) is 23.6. The molecule has 0 spiro atoms. The number of hydrogen-bond acceptors (Lipinski definition) is 2. The average molecular weight is 217 g/mol. The van der Waals surface area contributed by atoms with Crippen molar-refractivity contribution in [3.05, 3.63) is 35.9 Å². The molecule has 2 atom stereocenters. The molecule has 1 aliphatic heterocycles. The Bertz CT molecular complexity index is 427. The smallest absolute Gasteiger partial charge is 0.237 e. The lowest BCUT2D eigenvalue weighted by Gasteiger charge is -2.26. The van der Waals surface area contributed by atoms with Crippen molar-refractivity contribution >= 4 is 11.8 Å². The summed E-state index contributed by atoms with van der Waals surface area (Å²) in [5, 5.41) is 2.43. The Balaban J connectivity index is 2.51. The lowest BCUT2D eigenvalue weighted by molar-refractivity contribution is -0.126. The fourth-order valence-corrected chi connectivity index (χ4v) is 2.46. The van der Waals surface area contributed by atoms with Crippen LogP contribution in [-0.2, 0) is 15.0 Å². The molecule has 1 fully saturated rings. The molecule has 1 heterocycles. The van der Waals surface area contributed by atoms with E-state index in [0.717, 1.165) is 5.56 Å². The molecule has 3 nitrogen and oxygen atoms in total. The highest BCUT2D eigenvalue weighted by atomic mass is 16.2. The minimum Gasteiger partial charge on any atom is -0.295 e. The molecule has 3 heteroatoms. The largest absolute Gasteiger partial charge is 0.295 e. The van der Waals surface area contributed by atoms with Gasteiger partial charge in [-0.15, -0.1) is 0 Å². The highest BCUT2D eigenvalue weighted by Crippen LogP contribution is 2.38. The number of amides is 2. The second-order valence-electron chi connectivity index (χ2n) is 4.35. The molecule has 0 aromatic heterocycles. The van der Waals surface area contributed by atoms with Crippen LogP contribution >= 0.6 is 0 Å². The maximum Gasteiger partial charge on any atom is 0.237 e. The van der Waals surface area contributed by atoms with Crippen LogP contribution < -0.4 is 5.32 Å². The second kappa shape index (κ2) is 3.74. The predicted molar refractivity (Wildman–Crippen MR) is 60.7 cm³/mol. The Kier molecular flexibility index (Phi) is 2.54. The molecule has 1 aromatic carbocycles. The summed E-state index contributed by atoms with van der Waals surface area (Å²) in [5.41, 5.74) is 0.192. The molecule has 1 N–H and O–H groups in total. The van der Waals surface area contributed by atoms with Crippen LogP contribution in [0.3, 0.4) is 0 Å². The van der Waals surface area contributed by atoms with Crippen LogP contribution in [0.15, 0.2) is 30.3 Å². The molecular weight excluding hydrogens is 202 g/mol. The zero-order chi connectivity index (χ0) is 11.8. The van der Waals surface area contributed by atoms with E-state index >= 15 is 0 Å². The van der Waals surface area contributed by atoms with Crippen molar-refractivity contribution in [3.8, 4) is 0 Å². The summed E-state index contributed by atoms with van der Waals surface area (Å²) < 4.78 is 0. The molecule has 1 aromatic rings. The Labute approximate surface area is 94.9 Å². The number of hydrogen-bond donors (Lipinski definition) is 1. The number of carbonyl (C=O) groups excluding carboxylic acids is 2. The molecule has 2 rings (SSSR count). The van der Waals surface area contributed by atoms with Crippen LogP contribution in [0, 0.1) is 5.92 Å². The predicted octanol–water partition coefficient (Wildman–Crippen LogP) is 1.63. The van der Waals surface area contributed by atoms with Gasteiger partial charge < -0.3 is 0 Å². The van der Waals surface area contributed by atoms with Gasteiger partial charge in [0.2, 0.25) is 11.8 Å². The van der Waals surface area contributed by atoms with Crippen molar-refractivity contribution in [2.24, 2.45) is 5.92 Å². The van der Waals surface area contributed by atoms with E-state index in [4.69, 9.17) is 0 Å². The fourth-order valence-electron chi connectivity index (χ4n) is 2.46. The van der Waals surface area contributed by atoms with Gasteiger partial charge in [0.05, 0.1) is 11.3 Å². The van der Waals surface area contributed by atoms with E-state index in [0.29, 0.717) is 6.42 Å². The van der Waals surface area contributed by atoms with E-state index in [9.17, 15) is 9.59 Å². The van der Waals surface area contributed by atoms with Crippen LogP contribution in [0.5, 0.6) is 0 Å². The molecule has 0 unspecified atom stereocenters. The SMILES string of the molecule is CC[C@@H]1C(=O)NC(=O)[C@]1(C)c1ccccc1. The number of rotatable bonds is 2. The summed E-state index contributed by atoms with van der Waals surface area (Å²) >= 11 is 0. The Hall–Kier alpha value is -1.64. The lowest BCUT2D eigenvalue weighted by Crippen LogP contribution is -2.36. The number of benzene rings is 1. The third-order valence-corrected chi connectivity index (χ3v) is 3.50. The fraction of sp³-hybridized carbons (Fsp3) is 0.385. The highest BCUT2D eigenvalue weighted by molar-refractivity contribution is 6.10. The van der Waals surface area contributed by atoms with Crippen LogP contribution in [0.4, 0.5) is 0 Å². The van der Waals surface area contributed by atoms with Crippen LogP contribution in [0.25, 0.3) is 0 Å². The zero-order valence-corrected chi connectivity index (χ0v) is 9.49. The maximum atomic E-state index is 11.9. The Morgan fingerprint density at radius 1 is 1.25 bits per heavy atom. The van der Waals surface area contributed by atoms with E-state index in [-0.39, 0.29) is 17.7 Å². The minimum absolute atomic E-state index is 0.154. The lowest BCUT2D eigenvalue weighted by atomic mass is 9.72. The van der Waals surface area contributed by atoms with Gasteiger partial charge in [0.15, 0.2) is 0 Å². The average Bonchev–Trinajstić information content (AvgIpc) is 2.52. The molecule has 1 aliphatic rings. The minimum atomic E-state index is -0.715. The van der Waals surface area contributed by atoms with Gasteiger partial charge in [0.1, 0.15) is 0 Å². The van der Waals surface area contributed by atoms with Crippen molar-refractivity contribution in [3.63, 3.8) is 0 Å². The van der Waals surface area contributed by atoms with Crippen LogP contribution in [0.2, 0.25) is 0 Å². The van der Waals surface area contributed by atoms with Gasteiger partial charge in [-0.05, 0) is 18.9 Å². The third kappa shape index (κ3) is 1.35. The number of carbonyl (C=O) groups is 2. The van der Waals surface area contributed by atoms with Crippen molar-refractivity contribution in [1.29, 1.82) is 0 Å². The van der Waals surface area contributed by atoms with E-state index in [1.54, 1.807) is 0 Å². The van der Waals surface area contributed by atoms with Gasteiger partial charge in [0.25, 0.3) is 0 Å². The van der Waals surface area contributed by atoms with E-state index in [1.807, 2.05) is 44.2 Å². The van der Waals surface area contributed by atoms with Gasteiger partial charge in [0, 0.05) is 0 Å². The number of imide groups is 1. The monoisotopic (exact) mass is 217 g/mol. The molecule has 2 amide bonds. The molecular formula is C13H15NO2. The van der Waals surface area contributed by atoms with Crippen molar-refractivity contribution in [2.75, 3.05) is 0 Å². The van der Waals surface area contributed by atoms with Gasteiger partial charge in [-0.3, -0.25) is 14.9 Å². The number of nitrogens with one attached hydrogen (secondary N) is 1. The van der Waals surface area contributed by atoms with E-state index in [2.05, 4.69) is 5.32 Å². The normalized spacial score (nSPS) is 29.2. The summed E-state index contributed by atoms with van der Waals surface area (Å²) in [5.74, 6) is -0.600. The van der Waals surface area contributed by atoms with Crippen molar-refractivity contribution in [1.82, 2.24) is 5.32 Å². The van der Waals surface area contributed by atoms with Crippen LogP contribution in [0.1, 0.15) is 25.8 Å². The summed E-state index contributed by atoms with van der Waals surface area (Å²) in [6, 6.07) is 9.50. The van der Waals surface area contributed by atoms with Gasteiger partial charge in [-0.1, -0.05) is 37.3 Å². The summed E-state index contributed by atoms with van der Waals surface area (Å²) in [6.45, 7) is 3.78. The first kappa shape index (κ1) is 10.9. The first-order valence-corrected chi connectivity index (χ1v) is 5.51. The second-order valence-corrected chi connectivity index (χ2v) is 4.35. The van der Waals surface area contributed by atoms with Gasteiger partial charge >= 0.3 is 0 Å². The van der Waals surface area contributed by atoms with Crippen LogP contribution in [-0.4, -0.2) is 11.8 Å². The van der Waals surface area contributed by atoms with E-state index in [1.165, 1.54) is 0 Å². The maximum absolute atomic E-state index is 11.9. The van der Waals surface area contributed by atoms with Gasteiger partial charge in [-0.2, -0.15) is 0 Å². The molecule has 16 heavy (non-hydrogen) atoms. The topological polar surface area (TPSA) is 46.2 Å². The first-order valence-electron chi connectivity index (χ1n) is 5.51. The van der Waals surface area contributed by atoms with Crippen molar-refractivity contribution in [2.45, 2.75) is 25.7 Å². The molecule has 84 valence electrons. The summed E-state index contributed by atoms with van der Waals surface area (Å²) in [6.07, 6.45) is 0.670. The Morgan fingerprint density at radius 2 is 1.88 bits per heavy atom. The molecule has 0 bridgehead atoms. The van der Waals surface area contributed by atoms with E-state index < -0.39 is 5.41 Å². The molecule has 0 saturated carbocycles. The summed E-state index contributed by atoms with van der Waals surface area (Å²) in [7, 11) is 0. The standard InChI is InChI=1S/C13H15NO2/c1-3-10-11(15)14-12(16)13(10,2)9-7-5-4-6-8-9/h4-8,10H,3H2,1-2H3,(H,14,15,16)/t10-,13-/m1/s1. The third-order valence-electron chi connectivity index (χ3n) is 3.50. The quantitative estimate of drug-likeness (QED) is 0.765. The van der Waals surface area contributed by atoms with Gasteiger partial charge in [-0.25, -0.2) is 0 Å².